The van der Waals surface area contributed by atoms with Crippen molar-refractivity contribution < 1.29 is 42.6 Å². The zero-order valence-electron chi connectivity index (χ0n) is 19.7. The van der Waals surface area contributed by atoms with Crippen molar-refractivity contribution in [3.63, 3.8) is 0 Å². The van der Waals surface area contributed by atoms with E-state index in [0.29, 0.717) is 106 Å². The van der Waals surface area contributed by atoms with Crippen LogP contribution in [-0.4, -0.2) is 119 Å². The van der Waals surface area contributed by atoms with Gasteiger partial charge in [-0.1, -0.05) is 5.11 Å². The van der Waals surface area contributed by atoms with E-state index in [9.17, 15) is 0 Å². The van der Waals surface area contributed by atoms with E-state index in [1.165, 1.54) is 6.42 Å². The molecule has 33 heavy (non-hydrogen) atoms. The molecule has 1 unspecified atom stereocenters. The van der Waals surface area contributed by atoms with Gasteiger partial charge < -0.3 is 42.6 Å². The summed E-state index contributed by atoms with van der Waals surface area (Å²) in [6.07, 6.45) is 3.20. The largest absolute Gasteiger partial charge is 0.379 e. The monoisotopic (exact) mass is 479 g/mol. The second-order valence-electron chi connectivity index (χ2n) is 6.91. The smallest absolute Gasteiger partial charge is 0.157 e. The first-order chi connectivity index (χ1) is 16.4. The summed E-state index contributed by atoms with van der Waals surface area (Å²) < 4.78 is 48.8. The maximum atomic E-state index is 8.11. The van der Waals surface area contributed by atoms with E-state index in [2.05, 4.69) is 10.0 Å². The van der Waals surface area contributed by atoms with Gasteiger partial charge in [0.2, 0.25) is 0 Å². The van der Waals surface area contributed by atoms with Gasteiger partial charge in [0, 0.05) is 18.1 Å². The van der Waals surface area contributed by atoms with Crippen LogP contribution in [-0.2, 0) is 42.6 Å². The minimum atomic E-state index is -0.0628. The minimum Gasteiger partial charge on any atom is -0.379 e. The number of ether oxygens (including phenoxy) is 9. The Hall–Kier alpha value is -1.05. The second kappa shape index (κ2) is 25.6. The molecule has 1 fully saturated rings. The first-order valence-corrected chi connectivity index (χ1v) is 11.7. The molecule has 12 nitrogen and oxygen atoms in total. The predicted molar refractivity (Wildman–Crippen MR) is 119 cm³/mol. The average molecular weight is 480 g/mol. The van der Waals surface area contributed by atoms with E-state index >= 15 is 0 Å². The first-order valence-electron chi connectivity index (χ1n) is 11.7. The Labute approximate surface area is 196 Å². The molecule has 0 N–H and O–H groups in total. The normalized spacial score (nSPS) is 16.1. The fraction of sp³-hybridized carbons (Fsp3) is 1.00. The van der Waals surface area contributed by atoms with Crippen molar-refractivity contribution in [3.05, 3.63) is 10.4 Å². The van der Waals surface area contributed by atoms with Crippen LogP contribution in [0, 0.1) is 0 Å². The topological polar surface area (TPSA) is 132 Å². The highest BCUT2D eigenvalue weighted by atomic mass is 16.7. The Morgan fingerprint density at radius 3 is 1.42 bits per heavy atom. The van der Waals surface area contributed by atoms with Crippen molar-refractivity contribution in [2.75, 3.05) is 112 Å². The van der Waals surface area contributed by atoms with Crippen molar-refractivity contribution in [1.82, 2.24) is 0 Å². The second-order valence-corrected chi connectivity index (χ2v) is 6.91. The van der Waals surface area contributed by atoms with Gasteiger partial charge in [-0.15, -0.1) is 0 Å². The third kappa shape index (κ3) is 22.5. The summed E-state index contributed by atoms with van der Waals surface area (Å²) in [6.45, 7) is 8.74. The molecule has 1 aliphatic rings. The zero-order chi connectivity index (χ0) is 23.5. The maximum absolute atomic E-state index is 8.11. The fourth-order valence-corrected chi connectivity index (χ4v) is 2.65. The molecule has 0 amide bonds. The minimum absolute atomic E-state index is 0.0628. The molecule has 1 saturated heterocycles. The third-order valence-electron chi connectivity index (χ3n) is 4.30. The molecule has 0 aliphatic carbocycles. The van der Waals surface area contributed by atoms with Crippen molar-refractivity contribution in [3.8, 4) is 0 Å². The van der Waals surface area contributed by atoms with E-state index in [-0.39, 0.29) is 6.29 Å². The molecule has 1 aliphatic heterocycles. The van der Waals surface area contributed by atoms with Crippen LogP contribution in [0.25, 0.3) is 10.4 Å². The summed E-state index contributed by atoms with van der Waals surface area (Å²) in [5, 5.41) is 3.37. The standard InChI is InChI=1S/C21H41N3O9/c22-24-23-4-6-25-7-8-26-9-10-27-11-12-28-13-14-29-15-16-30-17-18-31-19-20-33-21-3-1-2-5-32-21/h21H,1-20H2. The van der Waals surface area contributed by atoms with Crippen LogP contribution in [0.4, 0.5) is 0 Å². The lowest BCUT2D eigenvalue weighted by Crippen LogP contribution is -2.24. The van der Waals surface area contributed by atoms with Crippen molar-refractivity contribution in [2.45, 2.75) is 25.6 Å². The third-order valence-corrected chi connectivity index (χ3v) is 4.30. The summed E-state index contributed by atoms with van der Waals surface area (Å²) in [6, 6.07) is 0. The molecule has 0 aromatic rings. The van der Waals surface area contributed by atoms with Gasteiger partial charge in [0.25, 0.3) is 0 Å². The summed E-state index contributed by atoms with van der Waals surface area (Å²) in [4.78, 5) is 2.64. The first kappa shape index (κ1) is 30.0. The van der Waals surface area contributed by atoms with Crippen LogP contribution >= 0.6 is 0 Å². The molecule has 1 atom stereocenters. The molecular weight excluding hydrogens is 438 g/mol. The molecule has 0 aromatic heterocycles. The molecule has 0 saturated carbocycles. The molecule has 0 bridgehead atoms. The molecule has 1 heterocycles. The highest BCUT2D eigenvalue weighted by Crippen LogP contribution is 2.13. The van der Waals surface area contributed by atoms with Crippen molar-refractivity contribution >= 4 is 0 Å². The number of nitrogens with zero attached hydrogens (tertiary/aromatic N) is 3. The van der Waals surface area contributed by atoms with Gasteiger partial charge in [0.05, 0.1) is 99.1 Å². The Morgan fingerprint density at radius 1 is 0.606 bits per heavy atom. The van der Waals surface area contributed by atoms with E-state index in [4.69, 9.17) is 48.2 Å². The molecule has 0 aromatic carbocycles. The molecule has 12 heteroatoms. The quantitative estimate of drug-likeness (QED) is 0.0834. The van der Waals surface area contributed by atoms with Crippen LogP contribution in [0.2, 0.25) is 0 Å². The van der Waals surface area contributed by atoms with E-state index < -0.39 is 0 Å². The van der Waals surface area contributed by atoms with Gasteiger partial charge in [0.1, 0.15) is 0 Å². The molecule has 1 rings (SSSR count). The van der Waals surface area contributed by atoms with Crippen molar-refractivity contribution in [2.24, 2.45) is 5.11 Å². The molecular formula is C21H41N3O9. The van der Waals surface area contributed by atoms with E-state index in [1.807, 2.05) is 0 Å². The van der Waals surface area contributed by atoms with E-state index in [1.54, 1.807) is 0 Å². The van der Waals surface area contributed by atoms with Crippen LogP contribution < -0.4 is 0 Å². The van der Waals surface area contributed by atoms with E-state index in [0.717, 1.165) is 19.4 Å². The zero-order valence-corrected chi connectivity index (χ0v) is 19.7. The summed E-state index contributed by atoms with van der Waals surface area (Å²) in [7, 11) is 0. The molecule has 194 valence electrons. The number of hydrogen-bond acceptors (Lipinski definition) is 10. The molecule has 0 radical (unpaired) electrons. The number of azide groups is 1. The predicted octanol–water partition coefficient (Wildman–Crippen LogP) is 1.96. The highest BCUT2D eigenvalue weighted by Gasteiger charge is 2.13. The van der Waals surface area contributed by atoms with Crippen LogP contribution in [0.15, 0.2) is 5.11 Å². The Morgan fingerprint density at radius 2 is 1.03 bits per heavy atom. The lowest BCUT2D eigenvalue weighted by Gasteiger charge is -2.22. The van der Waals surface area contributed by atoms with Crippen LogP contribution in [0.1, 0.15) is 19.3 Å². The van der Waals surface area contributed by atoms with Gasteiger partial charge in [-0.25, -0.2) is 0 Å². The van der Waals surface area contributed by atoms with Gasteiger partial charge >= 0.3 is 0 Å². The highest BCUT2D eigenvalue weighted by molar-refractivity contribution is 4.53. The van der Waals surface area contributed by atoms with Crippen LogP contribution in [0.3, 0.4) is 0 Å². The van der Waals surface area contributed by atoms with Gasteiger partial charge in [0.15, 0.2) is 6.29 Å². The number of hydrogen-bond donors (Lipinski definition) is 0. The van der Waals surface area contributed by atoms with Gasteiger partial charge in [-0.2, -0.15) is 0 Å². The maximum Gasteiger partial charge on any atom is 0.157 e. The SMILES string of the molecule is [N-]=[N+]=NCCOCCOCCOCCOCCOCCOCCOCCOC1CCCCO1. The summed E-state index contributed by atoms with van der Waals surface area (Å²) >= 11 is 0. The van der Waals surface area contributed by atoms with Crippen molar-refractivity contribution in [1.29, 1.82) is 0 Å². The fourth-order valence-electron chi connectivity index (χ4n) is 2.65. The lowest BCUT2D eigenvalue weighted by molar-refractivity contribution is -0.169. The van der Waals surface area contributed by atoms with Gasteiger partial charge in [-0.3, -0.25) is 0 Å². The Kier molecular flexibility index (Phi) is 23.2. The summed E-state index contributed by atoms with van der Waals surface area (Å²) in [5.74, 6) is 0. The Bertz CT molecular complexity index is 451. The Balaban J connectivity index is 1.63. The van der Waals surface area contributed by atoms with Crippen LogP contribution in [0.5, 0.6) is 0 Å². The average Bonchev–Trinajstić information content (AvgIpc) is 2.84. The molecule has 0 spiro atoms. The van der Waals surface area contributed by atoms with Gasteiger partial charge in [-0.05, 0) is 24.8 Å². The summed E-state index contributed by atoms with van der Waals surface area (Å²) in [5.41, 5.74) is 8.11. The number of rotatable bonds is 25. The lowest BCUT2D eigenvalue weighted by atomic mass is 10.2.